The van der Waals surface area contributed by atoms with E-state index in [4.69, 9.17) is 0 Å². The average Bonchev–Trinajstić information content (AvgIpc) is 2.54. The normalized spacial score (nSPS) is 11.5. The number of carbonyl (C=O) groups excluding carboxylic acids is 1. The smallest absolute Gasteiger partial charge is 0.251 e. The average molecular weight is 280 g/mol. The summed E-state index contributed by atoms with van der Waals surface area (Å²) in [6, 6.07) is 17.9. The second-order valence-corrected chi connectivity index (χ2v) is 4.85. The number of anilines is 1. The molecule has 0 radical (unpaired) electrons. The molecule has 1 atom stereocenters. The van der Waals surface area contributed by atoms with Gasteiger partial charge in [-0.3, -0.25) is 4.79 Å². The SMILES string of the molecule is C=CCNC(=O)c1ccc(NC(C)c2ccccc2)cc1. The van der Waals surface area contributed by atoms with Crippen molar-refractivity contribution in [3.8, 4) is 0 Å². The number of amides is 1. The molecule has 2 aromatic carbocycles. The summed E-state index contributed by atoms with van der Waals surface area (Å²) < 4.78 is 0. The summed E-state index contributed by atoms with van der Waals surface area (Å²) in [7, 11) is 0. The fourth-order valence-electron chi connectivity index (χ4n) is 2.06. The molecule has 0 saturated carbocycles. The first-order valence-electron chi connectivity index (χ1n) is 7.01. The topological polar surface area (TPSA) is 41.1 Å². The van der Waals surface area contributed by atoms with E-state index < -0.39 is 0 Å². The first kappa shape index (κ1) is 14.9. The zero-order chi connectivity index (χ0) is 15.1. The Hall–Kier alpha value is -2.55. The number of hydrogen-bond acceptors (Lipinski definition) is 2. The van der Waals surface area contributed by atoms with Crippen LogP contribution in [0.5, 0.6) is 0 Å². The Morgan fingerprint density at radius 1 is 1.14 bits per heavy atom. The quantitative estimate of drug-likeness (QED) is 0.791. The first-order valence-corrected chi connectivity index (χ1v) is 7.01. The molecule has 2 aromatic rings. The minimum atomic E-state index is -0.0856. The molecule has 1 unspecified atom stereocenters. The molecule has 0 saturated heterocycles. The molecule has 1 amide bonds. The van der Waals surface area contributed by atoms with Gasteiger partial charge in [-0.25, -0.2) is 0 Å². The molecule has 108 valence electrons. The fraction of sp³-hybridized carbons (Fsp3) is 0.167. The summed E-state index contributed by atoms with van der Waals surface area (Å²) in [6.45, 7) is 6.16. The molecule has 0 bridgehead atoms. The van der Waals surface area contributed by atoms with Gasteiger partial charge in [-0.2, -0.15) is 0 Å². The largest absolute Gasteiger partial charge is 0.379 e. The number of nitrogens with one attached hydrogen (secondary N) is 2. The molecule has 21 heavy (non-hydrogen) atoms. The molecular weight excluding hydrogens is 260 g/mol. The first-order chi connectivity index (χ1) is 10.2. The summed E-state index contributed by atoms with van der Waals surface area (Å²) in [5.41, 5.74) is 2.87. The molecule has 0 aliphatic carbocycles. The number of rotatable bonds is 6. The second-order valence-electron chi connectivity index (χ2n) is 4.85. The van der Waals surface area contributed by atoms with Crippen molar-refractivity contribution >= 4 is 11.6 Å². The van der Waals surface area contributed by atoms with Crippen molar-refractivity contribution in [1.29, 1.82) is 0 Å². The van der Waals surface area contributed by atoms with Gasteiger partial charge in [0.15, 0.2) is 0 Å². The van der Waals surface area contributed by atoms with Crippen LogP contribution in [0.4, 0.5) is 5.69 Å². The Labute approximate surface area is 125 Å². The summed E-state index contributed by atoms with van der Waals surface area (Å²) in [5, 5.41) is 6.18. The van der Waals surface area contributed by atoms with Crippen LogP contribution in [0.25, 0.3) is 0 Å². The summed E-state index contributed by atoms with van der Waals surface area (Å²) >= 11 is 0. The maximum absolute atomic E-state index is 11.8. The summed E-state index contributed by atoms with van der Waals surface area (Å²) in [5.74, 6) is -0.0856. The van der Waals surface area contributed by atoms with Gasteiger partial charge in [0.05, 0.1) is 0 Å². The van der Waals surface area contributed by atoms with Gasteiger partial charge in [0.1, 0.15) is 0 Å². The minimum absolute atomic E-state index is 0.0856. The van der Waals surface area contributed by atoms with Crippen LogP contribution in [0.2, 0.25) is 0 Å². The van der Waals surface area contributed by atoms with E-state index in [1.54, 1.807) is 6.08 Å². The number of hydrogen-bond donors (Lipinski definition) is 2. The molecule has 0 fully saturated rings. The van der Waals surface area contributed by atoms with Crippen LogP contribution in [-0.2, 0) is 0 Å². The van der Waals surface area contributed by atoms with Crippen molar-refractivity contribution in [2.75, 3.05) is 11.9 Å². The molecule has 0 heterocycles. The Morgan fingerprint density at radius 2 is 1.81 bits per heavy atom. The third-order valence-electron chi connectivity index (χ3n) is 3.24. The van der Waals surface area contributed by atoms with Crippen LogP contribution in [0.1, 0.15) is 28.9 Å². The molecular formula is C18H20N2O. The summed E-state index contributed by atoms with van der Waals surface area (Å²) in [4.78, 5) is 11.8. The van der Waals surface area contributed by atoms with Crippen LogP contribution >= 0.6 is 0 Å². The molecule has 0 spiro atoms. The second kappa shape index (κ2) is 7.29. The molecule has 3 nitrogen and oxygen atoms in total. The van der Waals surface area contributed by atoms with Crippen LogP contribution in [0, 0.1) is 0 Å². The molecule has 3 heteroatoms. The predicted octanol–water partition coefficient (Wildman–Crippen LogP) is 3.78. The van der Waals surface area contributed by atoms with E-state index >= 15 is 0 Å². The Balaban J connectivity index is 1.99. The van der Waals surface area contributed by atoms with E-state index in [2.05, 4.69) is 36.3 Å². The van der Waals surface area contributed by atoms with Crippen molar-refractivity contribution in [1.82, 2.24) is 5.32 Å². The lowest BCUT2D eigenvalue weighted by Gasteiger charge is -2.16. The highest BCUT2D eigenvalue weighted by Gasteiger charge is 2.06. The van der Waals surface area contributed by atoms with Crippen LogP contribution < -0.4 is 10.6 Å². The van der Waals surface area contributed by atoms with E-state index in [0.717, 1.165) is 5.69 Å². The van der Waals surface area contributed by atoms with Crippen LogP contribution in [0.15, 0.2) is 67.3 Å². The van der Waals surface area contributed by atoms with Gasteiger partial charge in [0.2, 0.25) is 0 Å². The zero-order valence-corrected chi connectivity index (χ0v) is 12.2. The van der Waals surface area contributed by atoms with Crippen LogP contribution in [-0.4, -0.2) is 12.5 Å². The van der Waals surface area contributed by atoms with E-state index in [-0.39, 0.29) is 11.9 Å². The van der Waals surface area contributed by atoms with Gasteiger partial charge in [-0.1, -0.05) is 36.4 Å². The van der Waals surface area contributed by atoms with Gasteiger partial charge < -0.3 is 10.6 Å². The van der Waals surface area contributed by atoms with E-state index in [0.29, 0.717) is 12.1 Å². The molecule has 0 aromatic heterocycles. The highest BCUT2D eigenvalue weighted by molar-refractivity contribution is 5.94. The monoisotopic (exact) mass is 280 g/mol. The maximum Gasteiger partial charge on any atom is 0.251 e. The molecule has 0 aliphatic rings. The Kier molecular flexibility index (Phi) is 5.16. The van der Waals surface area contributed by atoms with Crippen molar-refractivity contribution in [3.05, 3.63) is 78.4 Å². The molecule has 0 aliphatic heterocycles. The van der Waals surface area contributed by atoms with Crippen molar-refractivity contribution < 1.29 is 4.79 Å². The molecule has 2 rings (SSSR count). The fourth-order valence-corrected chi connectivity index (χ4v) is 2.06. The molecule has 2 N–H and O–H groups in total. The van der Waals surface area contributed by atoms with Crippen molar-refractivity contribution in [2.24, 2.45) is 0 Å². The number of benzene rings is 2. The summed E-state index contributed by atoms with van der Waals surface area (Å²) in [6.07, 6.45) is 1.66. The van der Waals surface area contributed by atoms with Crippen molar-refractivity contribution in [3.63, 3.8) is 0 Å². The Bertz CT molecular complexity index is 590. The van der Waals surface area contributed by atoms with Gasteiger partial charge in [-0.15, -0.1) is 6.58 Å². The third-order valence-corrected chi connectivity index (χ3v) is 3.24. The standard InChI is InChI=1S/C18H20N2O/c1-3-13-19-18(21)16-9-11-17(12-10-16)20-14(2)15-7-5-4-6-8-15/h3-12,14,20H,1,13H2,2H3,(H,19,21). The predicted molar refractivity (Wildman–Crippen MR) is 87.5 cm³/mol. The van der Waals surface area contributed by atoms with Gasteiger partial charge >= 0.3 is 0 Å². The lowest BCUT2D eigenvalue weighted by atomic mass is 10.1. The van der Waals surface area contributed by atoms with Crippen molar-refractivity contribution in [2.45, 2.75) is 13.0 Å². The number of carbonyl (C=O) groups is 1. The Morgan fingerprint density at radius 3 is 2.43 bits per heavy atom. The van der Waals surface area contributed by atoms with E-state index in [1.165, 1.54) is 5.56 Å². The highest BCUT2D eigenvalue weighted by atomic mass is 16.1. The maximum atomic E-state index is 11.8. The van der Waals surface area contributed by atoms with Gasteiger partial charge in [-0.05, 0) is 36.8 Å². The van der Waals surface area contributed by atoms with E-state index in [9.17, 15) is 4.79 Å². The lowest BCUT2D eigenvalue weighted by molar-refractivity contribution is 0.0958. The minimum Gasteiger partial charge on any atom is -0.379 e. The van der Waals surface area contributed by atoms with Crippen LogP contribution in [0.3, 0.4) is 0 Å². The van der Waals surface area contributed by atoms with Gasteiger partial charge in [0.25, 0.3) is 5.91 Å². The third kappa shape index (κ3) is 4.21. The lowest BCUT2D eigenvalue weighted by Crippen LogP contribution is -2.23. The van der Waals surface area contributed by atoms with E-state index in [1.807, 2.05) is 42.5 Å². The zero-order valence-electron chi connectivity index (χ0n) is 12.2. The highest BCUT2D eigenvalue weighted by Crippen LogP contribution is 2.19. The van der Waals surface area contributed by atoms with Gasteiger partial charge in [0, 0.05) is 23.8 Å².